The minimum atomic E-state index is -1.14. The molecule has 1 N–H and O–H groups in total. The molecule has 2 aromatic rings. The lowest BCUT2D eigenvalue weighted by atomic mass is 10.1. The van der Waals surface area contributed by atoms with E-state index in [0.29, 0.717) is 21.3 Å². The van der Waals surface area contributed by atoms with Crippen molar-refractivity contribution in [2.24, 2.45) is 0 Å². The number of rotatable bonds is 3. The normalized spacial score (nSPS) is 10.4. The van der Waals surface area contributed by atoms with Crippen LogP contribution in [-0.4, -0.2) is 20.9 Å². The fourth-order valence-corrected chi connectivity index (χ4v) is 2.04. The Labute approximate surface area is 118 Å². The Balaban J connectivity index is 2.51. The average molecular weight is 299 g/mol. The molecule has 5 nitrogen and oxygen atoms in total. The highest BCUT2D eigenvalue weighted by Gasteiger charge is 2.09. The van der Waals surface area contributed by atoms with Crippen LogP contribution in [0.1, 0.15) is 0 Å². The molecule has 0 aliphatic carbocycles. The van der Waals surface area contributed by atoms with Gasteiger partial charge in [0.2, 0.25) is 0 Å². The number of nitrogens with zero attached hydrogens (tertiary/aromatic N) is 2. The van der Waals surface area contributed by atoms with Gasteiger partial charge in [0, 0.05) is 16.7 Å². The first-order valence-corrected chi connectivity index (χ1v) is 5.98. The molecule has 19 heavy (non-hydrogen) atoms. The van der Waals surface area contributed by atoms with E-state index >= 15 is 0 Å². The second-order valence-corrected chi connectivity index (χ2v) is 4.58. The fraction of sp³-hybridized carbons (Fsp3) is 0.0833. The van der Waals surface area contributed by atoms with Crippen LogP contribution in [0.3, 0.4) is 0 Å². The molecule has 7 heteroatoms. The van der Waals surface area contributed by atoms with E-state index in [0.717, 1.165) is 4.68 Å². The first-order chi connectivity index (χ1) is 8.97. The Morgan fingerprint density at radius 2 is 2.00 bits per heavy atom. The molecule has 0 radical (unpaired) electrons. The van der Waals surface area contributed by atoms with Crippen molar-refractivity contribution in [1.82, 2.24) is 9.78 Å². The van der Waals surface area contributed by atoms with Crippen LogP contribution in [0.4, 0.5) is 0 Å². The zero-order valence-corrected chi connectivity index (χ0v) is 11.0. The van der Waals surface area contributed by atoms with Crippen LogP contribution < -0.4 is 5.56 Å². The van der Waals surface area contributed by atoms with Gasteiger partial charge in [-0.15, -0.1) is 0 Å². The van der Waals surface area contributed by atoms with E-state index in [4.69, 9.17) is 28.3 Å². The van der Waals surface area contributed by atoms with Gasteiger partial charge in [0.05, 0.1) is 10.7 Å². The number of carboxylic acids is 1. The second kappa shape index (κ2) is 5.42. The Kier molecular flexibility index (Phi) is 3.87. The molecule has 2 rings (SSSR count). The molecule has 0 aliphatic heterocycles. The zero-order valence-electron chi connectivity index (χ0n) is 9.51. The second-order valence-electron chi connectivity index (χ2n) is 3.73. The van der Waals surface area contributed by atoms with Crippen LogP contribution in [0.2, 0.25) is 10.0 Å². The molecule has 0 fully saturated rings. The molecule has 0 bridgehead atoms. The number of hydrogen-bond acceptors (Lipinski definition) is 3. The van der Waals surface area contributed by atoms with Crippen molar-refractivity contribution in [1.29, 1.82) is 0 Å². The van der Waals surface area contributed by atoms with Crippen molar-refractivity contribution in [3.05, 3.63) is 50.7 Å². The molecular formula is C12H8Cl2N2O3. The van der Waals surface area contributed by atoms with Gasteiger partial charge in [0.15, 0.2) is 0 Å². The maximum atomic E-state index is 11.5. The summed E-state index contributed by atoms with van der Waals surface area (Å²) in [7, 11) is 0. The lowest BCUT2D eigenvalue weighted by Crippen LogP contribution is -2.26. The van der Waals surface area contributed by atoms with Gasteiger partial charge in [-0.3, -0.25) is 9.59 Å². The van der Waals surface area contributed by atoms with Gasteiger partial charge >= 0.3 is 5.97 Å². The third kappa shape index (κ3) is 3.13. The van der Waals surface area contributed by atoms with E-state index in [9.17, 15) is 9.59 Å². The van der Waals surface area contributed by atoms with Crippen LogP contribution in [0.25, 0.3) is 11.3 Å². The minimum Gasteiger partial charge on any atom is -0.480 e. The van der Waals surface area contributed by atoms with Crippen LogP contribution >= 0.6 is 23.2 Å². The fourth-order valence-electron chi connectivity index (χ4n) is 1.53. The van der Waals surface area contributed by atoms with Gasteiger partial charge in [0.25, 0.3) is 5.56 Å². The third-order valence-electron chi connectivity index (χ3n) is 2.36. The summed E-state index contributed by atoms with van der Waals surface area (Å²) in [5, 5.41) is 13.5. The summed E-state index contributed by atoms with van der Waals surface area (Å²) in [4.78, 5) is 22.1. The molecule has 0 saturated heterocycles. The predicted octanol–water partition coefficient (Wildman–Crippen LogP) is 2.30. The molecule has 98 valence electrons. The van der Waals surface area contributed by atoms with Gasteiger partial charge in [-0.25, -0.2) is 4.68 Å². The van der Waals surface area contributed by atoms with Gasteiger partial charge in [-0.1, -0.05) is 23.2 Å². The van der Waals surface area contributed by atoms with Gasteiger partial charge in [-0.2, -0.15) is 5.10 Å². The zero-order chi connectivity index (χ0) is 14.0. The van der Waals surface area contributed by atoms with Crippen molar-refractivity contribution in [3.63, 3.8) is 0 Å². The maximum absolute atomic E-state index is 11.5. The highest BCUT2D eigenvalue weighted by Crippen LogP contribution is 2.28. The number of aromatic nitrogens is 2. The van der Waals surface area contributed by atoms with E-state index < -0.39 is 18.1 Å². The number of carboxylic acid groups (broad SMARTS) is 1. The SMILES string of the molecule is O=C(O)Cn1nc(-c2ccc(Cl)cc2Cl)ccc1=O. The molecule has 0 aliphatic rings. The maximum Gasteiger partial charge on any atom is 0.325 e. The molecule has 0 spiro atoms. The van der Waals surface area contributed by atoms with Crippen molar-refractivity contribution < 1.29 is 9.90 Å². The van der Waals surface area contributed by atoms with E-state index in [1.807, 2.05) is 0 Å². The summed E-state index contributed by atoms with van der Waals surface area (Å²) in [6.45, 7) is -0.502. The smallest absolute Gasteiger partial charge is 0.325 e. The van der Waals surface area contributed by atoms with E-state index in [2.05, 4.69) is 5.10 Å². The van der Waals surface area contributed by atoms with Gasteiger partial charge < -0.3 is 5.11 Å². The summed E-state index contributed by atoms with van der Waals surface area (Å²) in [6.07, 6.45) is 0. The molecule has 1 aromatic heterocycles. The summed E-state index contributed by atoms with van der Waals surface area (Å²) in [6, 6.07) is 7.57. The van der Waals surface area contributed by atoms with Crippen LogP contribution in [0.5, 0.6) is 0 Å². The van der Waals surface area contributed by atoms with Gasteiger partial charge in [0.1, 0.15) is 6.54 Å². The van der Waals surface area contributed by atoms with E-state index in [1.54, 1.807) is 18.2 Å². The first kappa shape index (κ1) is 13.6. The Hall–Kier alpha value is -1.85. The minimum absolute atomic E-state index is 0.375. The lowest BCUT2D eigenvalue weighted by molar-refractivity contribution is -0.138. The number of aliphatic carboxylic acids is 1. The van der Waals surface area contributed by atoms with Crippen LogP contribution in [0.15, 0.2) is 35.1 Å². The Morgan fingerprint density at radius 3 is 2.63 bits per heavy atom. The quantitative estimate of drug-likeness (QED) is 0.944. The summed E-state index contributed by atoms with van der Waals surface area (Å²) in [5.74, 6) is -1.14. The van der Waals surface area contributed by atoms with Crippen LogP contribution in [-0.2, 0) is 11.3 Å². The third-order valence-corrected chi connectivity index (χ3v) is 2.91. The largest absolute Gasteiger partial charge is 0.480 e. The Morgan fingerprint density at radius 1 is 1.26 bits per heavy atom. The number of carbonyl (C=O) groups is 1. The van der Waals surface area contributed by atoms with Crippen molar-refractivity contribution in [2.75, 3.05) is 0 Å². The number of halogens is 2. The first-order valence-electron chi connectivity index (χ1n) is 5.23. The molecular weight excluding hydrogens is 291 g/mol. The highest BCUT2D eigenvalue weighted by atomic mass is 35.5. The molecule has 0 amide bonds. The van der Waals surface area contributed by atoms with Crippen molar-refractivity contribution in [2.45, 2.75) is 6.54 Å². The molecule has 0 unspecified atom stereocenters. The molecule has 0 atom stereocenters. The van der Waals surface area contributed by atoms with E-state index in [-0.39, 0.29) is 0 Å². The number of benzene rings is 1. The van der Waals surface area contributed by atoms with Crippen molar-refractivity contribution >= 4 is 29.2 Å². The average Bonchev–Trinajstić information content (AvgIpc) is 2.32. The monoisotopic (exact) mass is 298 g/mol. The van der Waals surface area contributed by atoms with Crippen molar-refractivity contribution in [3.8, 4) is 11.3 Å². The standard InChI is InChI=1S/C12H8Cl2N2O3/c13-7-1-2-8(9(14)5-7)10-3-4-11(17)16(15-10)6-12(18)19/h1-5H,6H2,(H,18,19). The lowest BCUT2D eigenvalue weighted by Gasteiger charge is -2.06. The van der Waals surface area contributed by atoms with Gasteiger partial charge in [-0.05, 0) is 24.3 Å². The summed E-state index contributed by atoms with van der Waals surface area (Å²) < 4.78 is 0.864. The topological polar surface area (TPSA) is 72.2 Å². The molecule has 1 heterocycles. The highest BCUT2D eigenvalue weighted by molar-refractivity contribution is 6.36. The summed E-state index contributed by atoms with van der Waals surface area (Å²) >= 11 is 11.8. The van der Waals surface area contributed by atoms with E-state index in [1.165, 1.54) is 12.1 Å². The number of hydrogen-bond donors (Lipinski definition) is 1. The molecule has 0 saturated carbocycles. The molecule has 1 aromatic carbocycles. The van der Waals surface area contributed by atoms with Crippen LogP contribution in [0, 0.1) is 0 Å². The predicted molar refractivity (Wildman–Crippen MR) is 71.6 cm³/mol. The summed E-state index contributed by atoms with van der Waals surface area (Å²) in [5.41, 5.74) is 0.490. The Bertz CT molecular complexity index is 698.